The van der Waals surface area contributed by atoms with Gasteiger partial charge in [0.1, 0.15) is 16.7 Å². The normalized spacial score (nSPS) is 13.7. The van der Waals surface area contributed by atoms with E-state index < -0.39 is 0 Å². The average Bonchev–Trinajstić information content (AvgIpc) is 3.67. The smallest absolute Gasteiger partial charge is 0.159 e. The molecule has 0 saturated carbocycles. The first-order chi connectivity index (χ1) is 20.6. The van der Waals surface area contributed by atoms with Crippen LogP contribution in [0.1, 0.15) is 25.0 Å². The number of nitrogens with zero attached hydrogens (tertiary/aromatic N) is 1. The highest BCUT2D eigenvalue weighted by atomic mass is 16.3. The number of hydrogen-bond donors (Lipinski definition) is 0. The number of fused-ring (bicyclic) bond motifs is 9. The van der Waals surface area contributed by atoms with Gasteiger partial charge in [0.15, 0.2) is 5.58 Å². The molecule has 0 bridgehead atoms. The van der Waals surface area contributed by atoms with Crippen LogP contribution in [0.2, 0.25) is 0 Å². The Labute approximate surface area is 243 Å². The Morgan fingerprint density at radius 2 is 1.07 bits per heavy atom. The number of benzene rings is 6. The van der Waals surface area contributed by atoms with Crippen molar-refractivity contribution in [1.82, 2.24) is 0 Å². The average molecular weight is 542 g/mol. The van der Waals surface area contributed by atoms with E-state index in [-0.39, 0.29) is 5.41 Å². The van der Waals surface area contributed by atoms with Gasteiger partial charge in [-0.2, -0.15) is 0 Å². The summed E-state index contributed by atoms with van der Waals surface area (Å²) in [7, 11) is 0. The van der Waals surface area contributed by atoms with Crippen LogP contribution in [-0.2, 0) is 5.41 Å². The third kappa shape index (κ3) is 3.05. The molecule has 0 atom stereocenters. The maximum absolute atomic E-state index is 6.65. The van der Waals surface area contributed by atoms with Gasteiger partial charge in [-0.05, 0) is 53.1 Å². The van der Waals surface area contributed by atoms with Gasteiger partial charge in [-0.3, -0.25) is 0 Å². The van der Waals surface area contributed by atoms with Crippen molar-refractivity contribution in [3.63, 3.8) is 0 Å². The van der Waals surface area contributed by atoms with E-state index in [9.17, 15) is 0 Å². The van der Waals surface area contributed by atoms with Gasteiger partial charge in [0.25, 0.3) is 0 Å². The van der Waals surface area contributed by atoms with E-state index in [0.29, 0.717) is 0 Å². The SMILES string of the molecule is CC1(C)c2ccccc2-c2c(N(c3cccc4c3oc3ccccc34)c3cccc4oc5ccccc5c34)cccc21. The molecule has 42 heavy (non-hydrogen) atoms. The van der Waals surface area contributed by atoms with Gasteiger partial charge >= 0.3 is 0 Å². The molecule has 0 amide bonds. The zero-order valence-corrected chi connectivity index (χ0v) is 23.4. The molecule has 1 aliphatic carbocycles. The van der Waals surface area contributed by atoms with Crippen LogP contribution >= 0.6 is 0 Å². The second kappa shape index (κ2) is 8.37. The van der Waals surface area contributed by atoms with Gasteiger partial charge in [0.05, 0.1) is 22.4 Å². The van der Waals surface area contributed by atoms with Gasteiger partial charge < -0.3 is 13.7 Å². The van der Waals surface area contributed by atoms with E-state index in [4.69, 9.17) is 8.83 Å². The molecule has 0 spiro atoms. The molecule has 2 heterocycles. The van der Waals surface area contributed by atoms with E-state index in [1.165, 1.54) is 22.3 Å². The van der Waals surface area contributed by atoms with Gasteiger partial charge in [-0.25, -0.2) is 0 Å². The first-order valence-corrected chi connectivity index (χ1v) is 14.5. The van der Waals surface area contributed by atoms with Gasteiger partial charge in [-0.1, -0.05) is 105 Å². The molecule has 1 aliphatic rings. The quantitative estimate of drug-likeness (QED) is 0.223. The van der Waals surface area contributed by atoms with E-state index in [1.54, 1.807) is 0 Å². The highest BCUT2D eigenvalue weighted by molar-refractivity contribution is 6.17. The molecule has 0 N–H and O–H groups in total. The predicted octanol–water partition coefficient (Wildman–Crippen LogP) is 11.3. The molecule has 3 heteroatoms. The van der Waals surface area contributed by atoms with E-state index >= 15 is 0 Å². The highest BCUT2D eigenvalue weighted by Gasteiger charge is 2.38. The fourth-order valence-electron chi connectivity index (χ4n) is 7.16. The monoisotopic (exact) mass is 541 g/mol. The minimum atomic E-state index is -0.118. The lowest BCUT2D eigenvalue weighted by Gasteiger charge is -2.29. The lowest BCUT2D eigenvalue weighted by Crippen LogP contribution is -2.16. The lowest BCUT2D eigenvalue weighted by atomic mass is 9.82. The molecule has 200 valence electrons. The Morgan fingerprint density at radius 1 is 0.476 bits per heavy atom. The first-order valence-electron chi connectivity index (χ1n) is 14.5. The van der Waals surface area contributed by atoms with E-state index in [0.717, 1.165) is 60.9 Å². The number of para-hydroxylation sites is 3. The molecule has 0 saturated heterocycles. The molecule has 6 aromatic carbocycles. The van der Waals surface area contributed by atoms with Crippen molar-refractivity contribution in [3.05, 3.63) is 139 Å². The number of furan rings is 2. The van der Waals surface area contributed by atoms with Gasteiger partial charge in [-0.15, -0.1) is 0 Å². The summed E-state index contributed by atoms with van der Waals surface area (Å²) >= 11 is 0. The molecule has 0 radical (unpaired) electrons. The Balaban J connectivity index is 1.44. The fraction of sp³-hybridized carbons (Fsp3) is 0.0769. The van der Waals surface area contributed by atoms with E-state index in [1.807, 2.05) is 24.3 Å². The van der Waals surface area contributed by atoms with Crippen molar-refractivity contribution in [2.75, 3.05) is 4.90 Å². The molecule has 3 nitrogen and oxygen atoms in total. The third-order valence-corrected chi connectivity index (χ3v) is 9.07. The van der Waals surface area contributed by atoms with E-state index in [2.05, 4.69) is 122 Å². The number of rotatable bonds is 3. The maximum atomic E-state index is 6.65. The van der Waals surface area contributed by atoms with Crippen LogP contribution in [0.5, 0.6) is 0 Å². The molecule has 9 rings (SSSR count). The summed E-state index contributed by atoms with van der Waals surface area (Å²) in [6, 6.07) is 45.0. The zero-order valence-electron chi connectivity index (χ0n) is 23.4. The van der Waals surface area contributed by atoms with Crippen LogP contribution in [0.15, 0.2) is 136 Å². The van der Waals surface area contributed by atoms with Crippen LogP contribution in [0.3, 0.4) is 0 Å². The second-order valence-electron chi connectivity index (χ2n) is 11.7. The third-order valence-electron chi connectivity index (χ3n) is 9.07. The van der Waals surface area contributed by atoms with Gasteiger partial charge in [0, 0.05) is 27.1 Å². The molecule has 0 unspecified atom stereocenters. The predicted molar refractivity (Wildman–Crippen MR) is 173 cm³/mol. The molecular weight excluding hydrogens is 514 g/mol. The minimum Gasteiger partial charge on any atom is -0.456 e. The summed E-state index contributed by atoms with van der Waals surface area (Å²) in [6.45, 7) is 4.66. The summed E-state index contributed by atoms with van der Waals surface area (Å²) in [5, 5.41) is 4.40. The highest BCUT2D eigenvalue weighted by Crippen LogP contribution is 2.55. The maximum Gasteiger partial charge on any atom is 0.159 e. The van der Waals surface area contributed by atoms with Crippen molar-refractivity contribution in [2.24, 2.45) is 0 Å². The van der Waals surface area contributed by atoms with Crippen molar-refractivity contribution < 1.29 is 8.83 Å². The van der Waals surface area contributed by atoms with Crippen molar-refractivity contribution in [3.8, 4) is 11.1 Å². The summed E-state index contributed by atoms with van der Waals surface area (Å²) in [5.74, 6) is 0. The summed E-state index contributed by atoms with van der Waals surface area (Å²) in [6.07, 6.45) is 0. The molecule has 0 aliphatic heterocycles. The Morgan fingerprint density at radius 3 is 1.95 bits per heavy atom. The van der Waals surface area contributed by atoms with Gasteiger partial charge in [0.2, 0.25) is 0 Å². The Hall–Kier alpha value is -5.28. The number of hydrogen-bond acceptors (Lipinski definition) is 3. The summed E-state index contributed by atoms with van der Waals surface area (Å²) in [4.78, 5) is 2.39. The second-order valence-corrected chi connectivity index (χ2v) is 11.7. The van der Waals surface area contributed by atoms with Crippen LogP contribution < -0.4 is 4.90 Å². The van der Waals surface area contributed by atoms with Crippen LogP contribution in [0.4, 0.5) is 17.1 Å². The van der Waals surface area contributed by atoms with Crippen LogP contribution in [0, 0.1) is 0 Å². The lowest BCUT2D eigenvalue weighted by molar-refractivity contribution is 0.660. The van der Waals surface area contributed by atoms with Crippen molar-refractivity contribution in [1.29, 1.82) is 0 Å². The summed E-state index contributed by atoms with van der Waals surface area (Å²) < 4.78 is 13.0. The largest absolute Gasteiger partial charge is 0.456 e. The topological polar surface area (TPSA) is 29.5 Å². The minimum absolute atomic E-state index is 0.118. The molecule has 2 aromatic heterocycles. The van der Waals surface area contributed by atoms with Crippen LogP contribution in [0.25, 0.3) is 55.0 Å². The first kappa shape index (κ1) is 23.4. The van der Waals surface area contributed by atoms with Crippen molar-refractivity contribution in [2.45, 2.75) is 19.3 Å². The molecule has 0 fully saturated rings. The fourth-order valence-corrected chi connectivity index (χ4v) is 7.16. The number of anilines is 3. The van der Waals surface area contributed by atoms with Crippen LogP contribution in [-0.4, -0.2) is 0 Å². The molecule has 8 aromatic rings. The summed E-state index contributed by atoms with van der Waals surface area (Å²) in [5.41, 5.74) is 11.8. The Kier molecular flexibility index (Phi) is 4.67. The van der Waals surface area contributed by atoms with Crippen molar-refractivity contribution >= 4 is 60.9 Å². The molecular formula is C39H27NO2. The Bertz CT molecular complexity index is 2350. The zero-order chi connectivity index (χ0) is 28.0. The standard InChI is InChI=1S/C39H27NO2/c1-39(2)28-16-6-3-13-26(28)36-29(39)17-10-18-30(36)40(31-19-11-23-35-37(31)27-14-5-8-22-34(27)41-35)32-20-9-15-25-24-12-4-7-21-33(24)42-38(25)32/h3-23H,1-2H3.